The van der Waals surface area contributed by atoms with Crippen LogP contribution in [0.3, 0.4) is 0 Å². The maximum absolute atomic E-state index is 12.9. The lowest BCUT2D eigenvalue weighted by Gasteiger charge is -2.18. The van der Waals surface area contributed by atoms with Crippen LogP contribution in [-0.2, 0) is 10.0 Å². The van der Waals surface area contributed by atoms with Gasteiger partial charge in [-0.25, -0.2) is 18.1 Å². The second kappa shape index (κ2) is 6.83. The molecule has 1 aliphatic heterocycles. The average molecular weight is 389 g/mol. The Morgan fingerprint density at radius 3 is 2.73 bits per heavy atom. The van der Waals surface area contributed by atoms with E-state index in [1.807, 2.05) is 18.2 Å². The zero-order valence-electron chi connectivity index (χ0n) is 13.8. The Kier molecular flexibility index (Phi) is 4.52. The first-order valence-electron chi connectivity index (χ1n) is 8.26. The van der Waals surface area contributed by atoms with Gasteiger partial charge in [0.1, 0.15) is 5.82 Å². The summed E-state index contributed by atoms with van der Waals surface area (Å²) in [6, 6.07) is 12.1. The SMILES string of the molecule is O=S(=O)(NC1CCN(c2ccccn2)C1)c1ccc(Cl)c2ncccc12. The summed E-state index contributed by atoms with van der Waals surface area (Å²) >= 11 is 6.15. The van der Waals surface area contributed by atoms with E-state index in [4.69, 9.17) is 11.6 Å². The van der Waals surface area contributed by atoms with E-state index in [2.05, 4.69) is 19.6 Å². The molecule has 0 saturated carbocycles. The van der Waals surface area contributed by atoms with Crippen LogP contribution in [0.4, 0.5) is 5.82 Å². The molecule has 1 aliphatic rings. The zero-order chi connectivity index (χ0) is 18.1. The summed E-state index contributed by atoms with van der Waals surface area (Å²) < 4.78 is 28.7. The summed E-state index contributed by atoms with van der Waals surface area (Å²) in [5, 5.41) is 0.953. The molecule has 26 heavy (non-hydrogen) atoms. The van der Waals surface area contributed by atoms with E-state index in [0.29, 0.717) is 22.5 Å². The maximum Gasteiger partial charge on any atom is 0.241 e. The average Bonchev–Trinajstić information content (AvgIpc) is 3.10. The van der Waals surface area contributed by atoms with E-state index in [0.717, 1.165) is 18.8 Å². The van der Waals surface area contributed by atoms with E-state index in [1.54, 1.807) is 30.6 Å². The highest BCUT2D eigenvalue weighted by atomic mass is 35.5. The Hall–Kier alpha value is -2.22. The minimum absolute atomic E-state index is 0.176. The second-order valence-electron chi connectivity index (χ2n) is 6.19. The van der Waals surface area contributed by atoms with Gasteiger partial charge >= 0.3 is 0 Å². The van der Waals surface area contributed by atoms with Crippen LogP contribution in [0, 0.1) is 0 Å². The standard InChI is InChI=1S/C18H17ClN4O2S/c19-15-6-7-16(14-4-3-10-21-18(14)15)26(24,25)22-13-8-11-23(12-13)17-5-1-2-9-20-17/h1-7,9-10,13,22H,8,11-12H2. The van der Waals surface area contributed by atoms with Gasteiger partial charge in [-0.05, 0) is 42.8 Å². The van der Waals surface area contributed by atoms with Gasteiger partial charge in [0.15, 0.2) is 0 Å². The Morgan fingerprint density at radius 2 is 1.92 bits per heavy atom. The zero-order valence-corrected chi connectivity index (χ0v) is 15.4. The monoisotopic (exact) mass is 388 g/mol. The molecule has 0 aliphatic carbocycles. The quantitative estimate of drug-likeness (QED) is 0.743. The highest BCUT2D eigenvalue weighted by Gasteiger charge is 2.29. The number of sulfonamides is 1. The van der Waals surface area contributed by atoms with Crippen molar-refractivity contribution in [3.05, 3.63) is 59.9 Å². The molecular formula is C18H17ClN4O2S. The minimum Gasteiger partial charge on any atom is -0.355 e. The molecule has 1 aromatic carbocycles. The van der Waals surface area contributed by atoms with Gasteiger partial charge in [0, 0.05) is 36.9 Å². The first-order valence-corrected chi connectivity index (χ1v) is 10.1. The number of benzene rings is 1. The summed E-state index contributed by atoms with van der Waals surface area (Å²) in [6.07, 6.45) is 4.05. The first-order chi connectivity index (χ1) is 12.5. The number of pyridine rings is 2. The number of nitrogens with one attached hydrogen (secondary N) is 1. The first kappa shape index (κ1) is 17.2. The van der Waals surface area contributed by atoms with Crippen molar-refractivity contribution >= 4 is 38.3 Å². The van der Waals surface area contributed by atoms with Crippen LogP contribution in [0.2, 0.25) is 5.02 Å². The van der Waals surface area contributed by atoms with Crippen LogP contribution in [0.1, 0.15) is 6.42 Å². The molecule has 1 atom stereocenters. The number of nitrogens with zero attached hydrogens (tertiary/aromatic N) is 3. The van der Waals surface area contributed by atoms with E-state index in [-0.39, 0.29) is 10.9 Å². The van der Waals surface area contributed by atoms with E-state index in [9.17, 15) is 8.42 Å². The van der Waals surface area contributed by atoms with Crippen molar-refractivity contribution < 1.29 is 8.42 Å². The van der Waals surface area contributed by atoms with E-state index < -0.39 is 10.0 Å². The molecule has 0 amide bonds. The van der Waals surface area contributed by atoms with Crippen molar-refractivity contribution in [2.24, 2.45) is 0 Å². The van der Waals surface area contributed by atoms with E-state index in [1.165, 1.54) is 6.07 Å². The fraction of sp³-hybridized carbons (Fsp3) is 0.222. The van der Waals surface area contributed by atoms with Crippen LogP contribution in [0.15, 0.2) is 59.8 Å². The molecule has 8 heteroatoms. The molecule has 2 aromatic heterocycles. The summed E-state index contributed by atoms with van der Waals surface area (Å²) in [5.74, 6) is 0.857. The van der Waals surface area contributed by atoms with Gasteiger partial charge in [-0.2, -0.15) is 0 Å². The second-order valence-corrected chi connectivity index (χ2v) is 8.28. The predicted octanol–water partition coefficient (Wildman–Crippen LogP) is 2.84. The topological polar surface area (TPSA) is 75.2 Å². The third kappa shape index (κ3) is 3.25. The summed E-state index contributed by atoms with van der Waals surface area (Å²) in [7, 11) is -3.69. The number of fused-ring (bicyclic) bond motifs is 1. The van der Waals surface area contributed by atoms with Crippen molar-refractivity contribution in [3.8, 4) is 0 Å². The number of rotatable bonds is 4. The van der Waals surface area contributed by atoms with Crippen LogP contribution in [0.25, 0.3) is 10.9 Å². The summed E-state index contributed by atoms with van der Waals surface area (Å²) in [4.78, 5) is 10.8. The number of hydrogen-bond donors (Lipinski definition) is 1. The van der Waals surface area contributed by atoms with Crippen molar-refractivity contribution in [1.82, 2.24) is 14.7 Å². The van der Waals surface area contributed by atoms with Gasteiger partial charge in [-0.1, -0.05) is 17.7 Å². The highest BCUT2D eigenvalue weighted by Crippen LogP contribution is 2.28. The number of hydrogen-bond acceptors (Lipinski definition) is 5. The van der Waals surface area contributed by atoms with Crippen molar-refractivity contribution in [2.75, 3.05) is 18.0 Å². The van der Waals surface area contributed by atoms with Crippen molar-refractivity contribution in [3.63, 3.8) is 0 Å². The van der Waals surface area contributed by atoms with Crippen molar-refractivity contribution in [2.45, 2.75) is 17.4 Å². The summed E-state index contributed by atoms with van der Waals surface area (Å²) in [6.45, 7) is 1.34. The maximum atomic E-state index is 12.9. The Labute approximate surface area is 156 Å². The molecule has 134 valence electrons. The largest absolute Gasteiger partial charge is 0.355 e. The summed E-state index contributed by atoms with van der Waals surface area (Å²) in [5.41, 5.74) is 0.485. The molecule has 0 radical (unpaired) electrons. The van der Waals surface area contributed by atoms with Gasteiger partial charge in [0.25, 0.3) is 0 Å². The van der Waals surface area contributed by atoms with Crippen LogP contribution < -0.4 is 9.62 Å². The number of halogens is 1. The lowest BCUT2D eigenvalue weighted by Crippen LogP contribution is -2.37. The Balaban J connectivity index is 1.58. The minimum atomic E-state index is -3.69. The number of aromatic nitrogens is 2. The molecule has 4 rings (SSSR count). The van der Waals surface area contributed by atoms with Crippen LogP contribution >= 0.6 is 11.6 Å². The third-order valence-corrected chi connectivity index (χ3v) is 6.34. The predicted molar refractivity (Wildman–Crippen MR) is 102 cm³/mol. The Bertz CT molecular complexity index is 1040. The number of anilines is 1. The van der Waals surface area contributed by atoms with Gasteiger partial charge < -0.3 is 4.90 Å². The lowest BCUT2D eigenvalue weighted by molar-refractivity contribution is 0.562. The molecule has 6 nitrogen and oxygen atoms in total. The molecule has 3 heterocycles. The Morgan fingerprint density at radius 1 is 1.08 bits per heavy atom. The molecule has 1 N–H and O–H groups in total. The lowest BCUT2D eigenvalue weighted by atomic mass is 10.2. The molecular weight excluding hydrogens is 372 g/mol. The van der Waals surface area contributed by atoms with Gasteiger partial charge in [0.05, 0.1) is 15.4 Å². The molecule has 0 bridgehead atoms. The molecule has 0 spiro atoms. The highest BCUT2D eigenvalue weighted by molar-refractivity contribution is 7.89. The molecule has 3 aromatic rings. The molecule has 1 unspecified atom stereocenters. The van der Waals surface area contributed by atoms with Gasteiger partial charge in [0.2, 0.25) is 10.0 Å². The normalized spacial score (nSPS) is 17.7. The van der Waals surface area contributed by atoms with Crippen LogP contribution in [-0.4, -0.2) is 37.5 Å². The van der Waals surface area contributed by atoms with Crippen LogP contribution in [0.5, 0.6) is 0 Å². The van der Waals surface area contributed by atoms with Crippen molar-refractivity contribution in [1.29, 1.82) is 0 Å². The van der Waals surface area contributed by atoms with E-state index >= 15 is 0 Å². The molecule has 1 saturated heterocycles. The smallest absolute Gasteiger partial charge is 0.241 e. The molecule has 1 fully saturated rings. The third-order valence-electron chi connectivity index (χ3n) is 4.45. The van der Waals surface area contributed by atoms with Gasteiger partial charge in [-0.3, -0.25) is 4.98 Å². The van der Waals surface area contributed by atoms with Gasteiger partial charge in [-0.15, -0.1) is 0 Å². The fourth-order valence-corrected chi connectivity index (χ4v) is 4.91. The fourth-order valence-electron chi connectivity index (χ4n) is 3.23.